The second kappa shape index (κ2) is 11.3. The molecule has 0 radical (unpaired) electrons. The molecule has 5 rings (SSSR count). The van der Waals surface area contributed by atoms with Crippen LogP contribution in [0.5, 0.6) is 11.5 Å². The number of nitrogens with zero attached hydrogens (tertiary/aromatic N) is 3. The zero-order valence-electron chi connectivity index (χ0n) is 21.9. The molecule has 3 N–H and O–H groups in total. The van der Waals surface area contributed by atoms with Crippen LogP contribution in [0.1, 0.15) is 30.0 Å². The Morgan fingerprint density at radius 2 is 1.97 bits per heavy atom. The number of aryl methyl sites for hydroxylation is 1. The van der Waals surface area contributed by atoms with E-state index in [1.54, 1.807) is 24.4 Å². The van der Waals surface area contributed by atoms with Crippen LogP contribution in [0.25, 0.3) is 11.0 Å². The highest BCUT2D eigenvalue weighted by molar-refractivity contribution is 5.86. The lowest BCUT2D eigenvalue weighted by atomic mass is 10.0. The lowest BCUT2D eigenvalue weighted by Gasteiger charge is -2.42. The number of hydrogen-bond donors (Lipinski definition) is 2. The first-order valence-electron chi connectivity index (χ1n) is 13.1. The molecule has 0 saturated carbocycles. The maximum Gasteiger partial charge on any atom is 0.239 e. The molecule has 3 heterocycles. The van der Waals surface area contributed by atoms with Gasteiger partial charge in [-0.1, -0.05) is 43.3 Å². The molecular formula is C30H34FN5O2. The number of benzene rings is 2. The number of nitrogens with two attached hydrogens (primary N) is 1. The quantitative estimate of drug-likeness (QED) is 0.352. The maximum absolute atomic E-state index is 15.0. The second-order valence-corrected chi connectivity index (χ2v) is 9.98. The number of halogens is 1. The number of piperazine rings is 1. The van der Waals surface area contributed by atoms with E-state index in [0.717, 1.165) is 30.5 Å². The Balaban J connectivity index is 1.21. The first kappa shape index (κ1) is 25.9. The number of ether oxygens (including phenoxy) is 1. The molecule has 1 amide bonds. The van der Waals surface area contributed by atoms with Crippen LogP contribution in [0.3, 0.4) is 0 Å². The van der Waals surface area contributed by atoms with E-state index in [0.29, 0.717) is 30.0 Å². The Bertz CT molecular complexity index is 1410. The summed E-state index contributed by atoms with van der Waals surface area (Å²) in [5, 5.41) is 0.817. The molecule has 198 valence electrons. The van der Waals surface area contributed by atoms with E-state index in [-0.39, 0.29) is 24.1 Å². The first-order chi connectivity index (χ1) is 18.4. The minimum atomic E-state index is -0.735. The van der Waals surface area contributed by atoms with E-state index >= 15 is 0 Å². The summed E-state index contributed by atoms with van der Waals surface area (Å²) in [7, 11) is 0. The monoisotopic (exact) mass is 515 g/mol. The van der Waals surface area contributed by atoms with Crippen molar-refractivity contribution in [3.05, 3.63) is 89.5 Å². The summed E-state index contributed by atoms with van der Waals surface area (Å²) >= 11 is 0. The van der Waals surface area contributed by atoms with Crippen LogP contribution in [0, 0.1) is 12.7 Å². The molecule has 0 unspecified atom stereocenters. The zero-order chi connectivity index (χ0) is 26.6. The number of fused-ring (bicyclic) bond motifs is 1. The average Bonchev–Trinajstić information content (AvgIpc) is 3.32. The van der Waals surface area contributed by atoms with Crippen molar-refractivity contribution in [2.24, 2.45) is 5.73 Å². The van der Waals surface area contributed by atoms with Gasteiger partial charge in [0.25, 0.3) is 0 Å². The SMILES string of the molecule is CC[C@H]1CN(C(=O)[C@@H](N)Cc2ccc(Oc3ccnc4[nH]cc(C)c34)c(F)c2)CCN1Cc1ccccc1. The van der Waals surface area contributed by atoms with Crippen LogP contribution in [0.2, 0.25) is 0 Å². The fraction of sp³-hybridized carbons (Fsp3) is 0.333. The van der Waals surface area contributed by atoms with Crippen molar-refractivity contribution in [3.63, 3.8) is 0 Å². The molecule has 1 aliphatic rings. The molecule has 1 saturated heterocycles. The van der Waals surface area contributed by atoms with Gasteiger partial charge in [0.15, 0.2) is 11.6 Å². The standard InChI is InChI=1S/C30H34FN5O2/c1-3-23-19-36(14-13-35(23)18-21-7-5-4-6-8-21)30(37)25(32)16-22-9-10-26(24(31)15-22)38-27-11-12-33-29-28(27)20(2)17-34-29/h4-12,15,17,23,25H,3,13-14,16,18-19,32H2,1-2H3,(H,33,34)/t23-,25-/m0/s1. The van der Waals surface area contributed by atoms with Gasteiger partial charge in [-0.2, -0.15) is 0 Å². The zero-order valence-corrected chi connectivity index (χ0v) is 21.9. The molecule has 38 heavy (non-hydrogen) atoms. The van der Waals surface area contributed by atoms with Crippen molar-refractivity contribution in [3.8, 4) is 11.5 Å². The molecule has 8 heteroatoms. The lowest BCUT2D eigenvalue weighted by Crippen LogP contribution is -2.57. The van der Waals surface area contributed by atoms with Gasteiger partial charge in [-0.3, -0.25) is 9.69 Å². The number of rotatable bonds is 8. The minimum absolute atomic E-state index is 0.0920. The summed E-state index contributed by atoms with van der Waals surface area (Å²) in [6.45, 7) is 7.05. The number of carbonyl (C=O) groups excluding carboxylic acids is 1. The summed E-state index contributed by atoms with van der Waals surface area (Å²) < 4.78 is 20.9. The number of hydrogen-bond acceptors (Lipinski definition) is 5. The number of carbonyl (C=O) groups is 1. The van der Waals surface area contributed by atoms with Crippen LogP contribution in [-0.4, -0.2) is 57.4 Å². The van der Waals surface area contributed by atoms with Crippen LogP contribution < -0.4 is 10.5 Å². The van der Waals surface area contributed by atoms with Gasteiger partial charge in [-0.15, -0.1) is 0 Å². The normalized spacial score (nSPS) is 17.1. The number of H-pyrrole nitrogens is 1. The highest BCUT2D eigenvalue weighted by Crippen LogP contribution is 2.32. The molecule has 0 aliphatic carbocycles. The largest absolute Gasteiger partial charge is 0.453 e. The fourth-order valence-electron chi connectivity index (χ4n) is 5.22. The van der Waals surface area contributed by atoms with Crippen LogP contribution >= 0.6 is 0 Å². The first-order valence-corrected chi connectivity index (χ1v) is 13.1. The van der Waals surface area contributed by atoms with Crippen molar-refractivity contribution in [1.82, 2.24) is 19.8 Å². The molecule has 0 bridgehead atoms. The molecular weight excluding hydrogens is 481 g/mol. The third-order valence-corrected chi connectivity index (χ3v) is 7.34. The predicted octanol–water partition coefficient (Wildman–Crippen LogP) is 4.80. The molecule has 4 aromatic rings. The molecule has 1 aliphatic heterocycles. The van der Waals surface area contributed by atoms with Crippen LogP contribution in [0.15, 0.2) is 67.0 Å². The lowest BCUT2D eigenvalue weighted by molar-refractivity contribution is -0.135. The number of pyridine rings is 1. The van der Waals surface area contributed by atoms with E-state index in [4.69, 9.17) is 10.5 Å². The Morgan fingerprint density at radius 1 is 1.16 bits per heavy atom. The molecule has 2 aromatic carbocycles. The molecule has 1 fully saturated rings. The van der Waals surface area contributed by atoms with Crippen LogP contribution in [-0.2, 0) is 17.8 Å². The van der Waals surface area contributed by atoms with Crippen molar-refractivity contribution in [2.75, 3.05) is 19.6 Å². The van der Waals surface area contributed by atoms with Gasteiger partial charge in [0.2, 0.25) is 5.91 Å². The predicted molar refractivity (Wildman–Crippen MR) is 146 cm³/mol. The van der Waals surface area contributed by atoms with Crippen molar-refractivity contribution in [2.45, 2.75) is 45.3 Å². The molecule has 7 nitrogen and oxygen atoms in total. The van der Waals surface area contributed by atoms with E-state index in [1.807, 2.05) is 24.1 Å². The van der Waals surface area contributed by atoms with Gasteiger partial charge in [-0.25, -0.2) is 9.37 Å². The van der Waals surface area contributed by atoms with Crippen molar-refractivity contribution in [1.29, 1.82) is 0 Å². The Labute approximate surface area is 222 Å². The van der Waals surface area contributed by atoms with Crippen molar-refractivity contribution >= 4 is 16.9 Å². The second-order valence-electron chi connectivity index (χ2n) is 9.98. The third kappa shape index (κ3) is 5.56. The van der Waals surface area contributed by atoms with E-state index < -0.39 is 11.9 Å². The molecule has 0 spiro atoms. The van der Waals surface area contributed by atoms with Crippen LogP contribution in [0.4, 0.5) is 4.39 Å². The van der Waals surface area contributed by atoms with E-state index in [2.05, 4.69) is 46.1 Å². The summed E-state index contributed by atoms with van der Waals surface area (Å²) in [5.41, 5.74) is 9.92. The minimum Gasteiger partial charge on any atom is -0.453 e. The average molecular weight is 516 g/mol. The molecule has 2 atom stereocenters. The van der Waals surface area contributed by atoms with Gasteiger partial charge in [0.05, 0.1) is 11.4 Å². The molecule has 2 aromatic heterocycles. The van der Waals surface area contributed by atoms with Gasteiger partial charge in [0.1, 0.15) is 11.4 Å². The highest BCUT2D eigenvalue weighted by Gasteiger charge is 2.31. The van der Waals surface area contributed by atoms with Gasteiger partial charge >= 0.3 is 0 Å². The Morgan fingerprint density at radius 3 is 2.74 bits per heavy atom. The van der Waals surface area contributed by atoms with Gasteiger partial charge < -0.3 is 20.4 Å². The third-order valence-electron chi connectivity index (χ3n) is 7.34. The summed E-state index contributed by atoms with van der Waals surface area (Å²) in [4.78, 5) is 24.9. The van der Waals surface area contributed by atoms with E-state index in [1.165, 1.54) is 11.6 Å². The van der Waals surface area contributed by atoms with Crippen molar-refractivity contribution < 1.29 is 13.9 Å². The number of aromatic amines is 1. The highest BCUT2D eigenvalue weighted by atomic mass is 19.1. The summed E-state index contributed by atoms with van der Waals surface area (Å²) in [5.74, 6) is 0.0535. The van der Waals surface area contributed by atoms with E-state index in [9.17, 15) is 9.18 Å². The Kier molecular flexibility index (Phi) is 7.72. The Hall–Kier alpha value is -3.75. The fourth-order valence-corrected chi connectivity index (χ4v) is 5.22. The number of amides is 1. The van der Waals surface area contributed by atoms with Gasteiger partial charge in [0, 0.05) is 44.6 Å². The smallest absolute Gasteiger partial charge is 0.239 e. The summed E-state index contributed by atoms with van der Waals surface area (Å²) in [6.07, 6.45) is 4.67. The van der Waals surface area contributed by atoms with Gasteiger partial charge in [-0.05, 0) is 54.7 Å². The number of aromatic nitrogens is 2. The summed E-state index contributed by atoms with van der Waals surface area (Å²) in [6, 6.07) is 16.4. The topological polar surface area (TPSA) is 87.5 Å². The maximum atomic E-state index is 15.0. The number of nitrogens with one attached hydrogen (secondary N) is 1.